The number of hydrogen-bond acceptors (Lipinski definition) is 6. The number of phenolic OH excluding ortho intramolecular Hbond substituents is 1. The number of esters is 1. The van der Waals surface area contributed by atoms with Crippen molar-refractivity contribution in [2.75, 3.05) is 20.8 Å². The van der Waals surface area contributed by atoms with E-state index >= 15 is 0 Å². The molecule has 4 N–H and O–H groups in total. The van der Waals surface area contributed by atoms with Crippen LogP contribution in [0.15, 0.2) is 36.4 Å². The number of ether oxygens (including phenoxy) is 2. The van der Waals surface area contributed by atoms with Crippen LogP contribution >= 0.6 is 23.2 Å². The fourth-order valence-corrected chi connectivity index (χ4v) is 3.41. The number of carbonyl (C=O) groups is 2. The highest BCUT2D eigenvalue weighted by Crippen LogP contribution is 2.42. The average Bonchev–Trinajstić information content (AvgIpc) is 2.81. The third-order valence-electron chi connectivity index (χ3n) is 4.46. The van der Waals surface area contributed by atoms with Crippen molar-refractivity contribution in [3.05, 3.63) is 57.6 Å². The van der Waals surface area contributed by atoms with Crippen LogP contribution in [-0.4, -0.2) is 43.8 Å². The second-order valence-corrected chi connectivity index (χ2v) is 7.48. The van der Waals surface area contributed by atoms with Gasteiger partial charge < -0.3 is 25.6 Å². The lowest BCUT2D eigenvalue weighted by atomic mass is 10.1. The minimum atomic E-state index is -0.952. The zero-order valence-corrected chi connectivity index (χ0v) is 20.0. The van der Waals surface area contributed by atoms with Crippen molar-refractivity contribution in [3.63, 3.8) is 0 Å². The Morgan fingerprint density at radius 3 is 2.41 bits per heavy atom. The SMILES string of the molecule is CCCCCOc1c(Cl)cc(C(=O)N[C@@H](Cc2ccccc2)C(=O)OC)c(O)c1Cl.CN. The lowest BCUT2D eigenvalue weighted by molar-refractivity contribution is -0.142. The molecule has 1 atom stereocenters. The Balaban J connectivity index is 0.00000249. The summed E-state index contributed by atoms with van der Waals surface area (Å²) in [4.78, 5) is 24.9. The van der Waals surface area contributed by atoms with Crippen LogP contribution in [0.5, 0.6) is 11.5 Å². The number of hydrogen-bond donors (Lipinski definition) is 3. The van der Waals surface area contributed by atoms with Crippen LogP contribution in [0, 0.1) is 0 Å². The maximum atomic E-state index is 12.8. The molecule has 0 spiro atoms. The number of carbonyl (C=O) groups excluding carboxylic acids is 2. The van der Waals surface area contributed by atoms with E-state index in [-0.39, 0.29) is 27.8 Å². The van der Waals surface area contributed by atoms with Crippen molar-refractivity contribution in [2.24, 2.45) is 5.73 Å². The van der Waals surface area contributed by atoms with Gasteiger partial charge in [-0.15, -0.1) is 0 Å². The van der Waals surface area contributed by atoms with E-state index in [9.17, 15) is 14.7 Å². The van der Waals surface area contributed by atoms with Gasteiger partial charge in [0.2, 0.25) is 0 Å². The van der Waals surface area contributed by atoms with E-state index in [4.69, 9.17) is 32.7 Å². The van der Waals surface area contributed by atoms with Gasteiger partial charge in [-0.05, 0) is 25.1 Å². The molecule has 2 aromatic carbocycles. The van der Waals surface area contributed by atoms with E-state index < -0.39 is 23.7 Å². The lowest BCUT2D eigenvalue weighted by Crippen LogP contribution is -2.43. The van der Waals surface area contributed by atoms with Crippen LogP contribution < -0.4 is 15.8 Å². The highest BCUT2D eigenvalue weighted by atomic mass is 35.5. The van der Waals surface area contributed by atoms with Gasteiger partial charge in [-0.25, -0.2) is 4.79 Å². The number of unbranched alkanes of at least 4 members (excludes halogenated alkanes) is 2. The van der Waals surface area contributed by atoms with Crippen molar-refractivity contribution in [1.82, 2.24) is 5.32 Å². The Bertz CT molecular complexity index is 878. The standard InChI is InChI=1S/C22H25Cl2NO5.CH5N/c1-3-4-8-11-30-20-16(23)13-15(19(26)18(20)24)21(27)25-17(22(28)29-2)12-14-9-6-5-7-10-14;1-2/h5-7,9-10,13,17,26H,3-4,8,11-12H2,1-2H3,(H,25,27);2H2,1H3/t17-;/m0./s1. The predicted molar refractivity (Wildman–Crippen MR) is 127 cm³/mol. The molecule has 0 aromatic heterocycles. The summed E-state index contributed by atoms with van der Waals surface area (Å²) in [6.45, 7) is 2.46. The Kier molecular flexibility index (Phi) is 12.5. The third-order valence-corrected chi connectivity index (χ3v) is 5.09. The Morgan fingerprint density at radius 2 is 1.81 bits per heavy atom. The summed E-state index contributed by atoms with van der Waals surface area (Å²) >= 11 is 12.4. The molecule has 2 aromatic rings. The molecule has 9 heteroatoms. The first kappa shape index (κ1) is 27.6. The highest BCUT2D eigenvalue weighted by molar-refractivity contribution is 6.39. The second-order valence-electron chi connectivity index (χ2n) is 6.69. The minimum Gasteiger partial charge on any atom is -0.505 e. The van der Waals surface area contributed by atoms with E-state index in [0.29, 0.717) is 6.61 Å². The summed E-state index contributed by atoms with van der Waals surface area (Å²) in [5.74, 6) is -1.66. The lowest BCUT2D eigenvalue weighted by Gasteiger charge is -2.18. The van der Waals surface area contributed by atoms with Crippen molar-refractivity contribution in [2.45, 2.75) is 38.6 Å². The predicted octanol–water partition coefficient (Wildman–Crippen LogP) is 4.36. The highest BCUT2D eigenvalue weighted by Gasteiger charge is 2.26. The number of phenols is 1. The van der Waals surface area contributed by atoms with Gasteiger partial charge in [0.15, 0.2) is 11.5 Å². The molecule has 7 nitrogen and oxygen atoms in total. The van der Waals surface area contributed by atoms with Gasteiger partial charge in [-0.3, -0.25) is 4.79 Å². The molecule has 32 heavy (non-hydrogen) atoms. The maximum Gasteiger partial charge on any atom is 0.328 e. The summed E-state index contributed by atoms with van der Waals surface area (Å²) in [5, 5.41) is 12.9. The number of rotatable bonds is 10. The summed E-state index contributed by atoms with van der Waals surface area (Å²) in [7, 11) is 2.74. The van der Waals surface area contributed by atoms with E-state index in [0.717, 1.165) is 24.8 Å². The first-order valence-electron chi connectivity index (χ1n) is 10.2. The fraction of sp³-hybridized carbons (Fsp3) is 0.391. The normalized spacial score (nSPS) is 11.1. The first-order valence-corrected chi connectivity index (χ1v) is 11.0. The molecule has 0 unspecified atom stereocenters. The fourth-order valence-electron chi connectivity index (χ4n) is 2.84. The molecule has 1 amide bonds. The monoisotopic (exact) mass is 484 g/mol. The number of benzene rings is 2. The van der Waals surface area contributed by atoms with Gasteiger partial charge in [0.1, 0.15) is 11.1 Å². The molecule has 0 aliphatic heterocycles. The van der Waals surface area contributed by atoms with Gasteiger partial charge >= 0.3 is 5.97 Å². The van der Waals surface area contributed by atoms with Crippen LogP contribution in [0.3, 0.4) is 0 Å². The van der Waals surface area contributed by atoms with Crippen molar-refractivity contribution in [1.29, 1.82) is 0 Å². The maximum absolute atomic E-state index is 12.8. The topological polar surface area (TPSA) is 111 Å². The minimum absolute atomic E-state index is 0.0946. The number of halogens is 2. The Labute approximate surface area is 198 Å². The third kappa shape index (κ3) is 7.89. The molecule has 0 aliphatic carbocycles. The molecule has 0 bridgehead atoms. The summed E-state index contributed by atoms with van der Waals surface area (Å²) in [5.41, 5.74) is 5.18. The van der Waals surface area contributed by atoms with E-state index in [1.165, 1.54) is 20.2 Å². The van der Waals surface area contributed by atoms with E-state index in [1.807, 2.05) is 30.3 Å². The molecular formula is C23H30Cl2N2O5. The van der Waals surface area contributed by atoms with E-state index in [1.54, 1.807) is 0 Å². The number of methoxy groups -OCH3 is 1. The molecule has 0 saturated carbocycles. The number of aromatic hydroxyl groups is 1. The summed E-state index contributed by atoms with van der Waals surface area (Å²) in [6, 6.07) is 9.49. The molecule has 0 aliphatic rings. The first-order chi connectivity index (χ1) is 15.4. The summed E-state index contributed by atoms with van der Waals surface area (Å²) in [6.07, 6.45) is 3.05. The smallest absolute Gasteiger partial charge is 0.328 e. The van der Waals surface area contributed by atoms with Crippen LogP contribution in [0.4, 0.5) is 0 Å². The number of nitrogens with one attached hydrogen (secondary N) is 1. The van der Waals surface area contributed by atoms with Gasteiger partial charge in [-0.1, -0.05) is 73.3 Å². The quantitative estimate of drug-likeness (QED) is 0.341. The summed E-state index contributed by atoms with van der Waals surface area (Å²) < 4.78 is 10.4. The molecule has 0 radical (unpaired) electrons. The van der Waals surface area contributed by atoms with Crippen LogP contribution in [-0.2, 0) is 16.0 Å². The number of amides is 1. The molecule has 0 saturated heterocycles. The van der Waals surface area contributed by atoms with Gasteiger partial charge in [0, 0.05) is 6.42 Å². The van der Waals surface area contributed by atoms with Crippen molar-refractivity contribution < 1.29 is 24.2 Å². The van der Waals surface area contributed by atoms with Gasteiger partial charge in [0.05, 0.1) is 24.3 Å². The van der Waals surface area contributed by atoms with Crippen LogP contribution in [0.2, 0.25) is 10.0 Å². The number of nitrogens with two attached hydrogens (primary N) is 1. The van der Waals surface area contributed by atoms with Crippen molar-refractivity contribution in [3.8, 4) is 11.5 Å². The largest absolute Gasteiger partial charge is 0.505 e. The molecule has 0 heterocycles. The van der Waals surface area contributed by atoms with Crippen LogP contribution in [0.1, 0.15) is 42.1 Å². The Hall–Kier alpha value is -2.48. The van der Waals surface area contributed by atoms with E-state index in [2.05, 4.69) is 18.0 Å². The zero-order valence-electron chi connectivity index (χ0n) is 18.5. The average molecular weight is 485 g/mol. The molecule has 2 rings (SSSR count). The Morgan fingerprint density at radius 1 is 1.16 bits per heavy atom. The molecular weight excluding hydrogens is 455 g/mol. The van der Waals surface area contributed by atoms with Crippen molar-refractivity contribution >= 4 is 35.1 Å². The zero-order chi connectivity index (χ0) is 24.1. The van der Waals surface area contributed by atoms with Crippen LogP contribution in [0.25, 0.3) is 0 Å². The second kappa shape index (κ2) is 14.6. The van der Waals surface area contributed by atoms with Gasteiger partial charge in [-0.2, -0.15) is 0 Å². The molecule has 0 fully saturated rings. The van der Waals surface area contributed by atoms with Gasteiger partial charge in [0.25, 0.3) is 5.91 Å². The molecule has 176 valence electrons.